The minimum absolute atomic E-state index is 0.280. The summed E-state index contributed by atoms with van der Waals surface area (Å²) in [6, 6.07) is 8.26. The summed E-state index contributed by atoms with van der Waals surface area (Å²) in [5.41, 5.74) is 1.08. The number of hydrogen-bond donors (Lipinski definition) is 2. The summed E-state index contributed by atoms with van der Waals surface area (Å²) in [4.78, 5) is 8.79. The molecule has 0 saturated heterocycles. The first kappa shape index (κ1) is 18.0. The number of guanidine groups is 1. The first-order chi connectivity index (χ1) is 12.7. The molecule has 1 aliphatic heterocycles. The summed E-state index contributed by atoms with van der Waals surface area (Å²) in [6.45, 7) is 7.55. The molecule has 0 radical (unpaired) electrons. The standard InChI is InChI=1S/C19H26N6O/c1-4-11-26-17-8-6-5-7-15(17)12-21-19(20-3)23-16-9-10-18-22-14(2)24-25(18)13-16/h4-8,16H,1,9-13H2,2-3H3,(H2,20,21,23). The van der Waals surface area contributed by atoms with Gasteiger partial charge in [-0.25, -0.2) is 9.67 Å². The van der Waals surface area contributed by atoms with Crippen molar-refractivity contribution in [1.29, 1.82) is 0 Å². The van der Waals surface area contributed by atoms with Gasteiger partial charge in [0.15, 0.2) is 5.96 Å². The highest BCUT2D eigenvalue weighted by Gasteiger charge is 2.21. The van der Waals surface area contributed by atoms with E-state index >= 15 is 0 Å². The van der Waals surface area contributed by atoms with Crippen LogP contribution in [0.3, 0.4) is 0 Å². The maximum absolute atomic E-state index is 5.71. The maximum Gasteiger partial charge on any atom is 0.191 e. The molecule has 1 aromatic carbocycles. The van der Waals surface area contributed by atoms with Crippen LogP contribution in [0.5, 0.6) is 5.75 Å². The van der Waals surface area contributed by atoms with Crippen LogP contribution >= 0.6 is 0 Å². The third-order valence-electron chi connectivity index (χ3n) is 4.30. The summed E-state index contributed by atoms with van der Waals surface area (Å²) in [6.07, 6.45) is 3.68. The highest BCUT2D eigenvalue weighted by atomic mass is 16.5. The van der Waals surface area contributed by atoms with Gasteiger partial charge in [-0.2, -0.15) is 5.10 Å². The lowest BCUT2D eigenvalue weighted by molar-refractivity contribution is 0.358. The molecule has 0 fully saturated rings. The summed E-state index contributed by atoms with van der Waals surface area (Å²) in [5, 5.41) is 11.3. The number of benzene rings is 1. The number of nitrogens with one attached hydrogen (secondary N) is 2. The molecule has 0 aliphatic carbocycles. The highest BCUT2D eigenvalue weighted by molar-refractivity contribution is 5.80. The first-order valence-corrected chi connectivity index (χ1v) is 8.88. The fourth-order valence-electron chi connectivity index (χ4n) is 3.06. The van der Waals surface area contributed by atoms with Gasteiger partial charge in [0.05, 0.1) is 6.54 Å². The molecular formula is C19H26N6O. The number of aromatic nitrogens is 3. The highest BCUT2D eigenvalue weighted by Crippen LogP contribution is 2.18. The van der Waals surface area contributed by atoms with Crippen molar-refractivity contribution in [2.45, 2.75) is 38.9 Å². The van der Waals surface area contributed by atoms with Crippen molar-refractivity contribution in [3.63, 3.8) is 0 Å². The van der Waals surface area contributed by atoms with Gasteiger partial charge in [-0.15, -0.1) is 0 Å². The van der Waals surface area contributed by atoms with Crippen LogP contribution in [0.4, 0.5) is 0 Å². The molecule has 0 saturated carbocycles. The predicted octanol–water partition coefficient (Wildman–Crippen LogP) is 1.83. The van der Waals surface area contributed by atoms with Gasteiger partial charge in [-0.05, 0) is 19.4 Å². The Hall–Kier alpha value is -2.83. The molecule has 1 aliphatic rings. The van der Waals surface area contributed by atoms with Crippen molar-refractivity contribution >= 4 is 5.96 Å². The number of rotatable bonds is 6. The van der Waals surface area contributed by atoms with Gasteiger partial charge >= 0.3 is 0 Å². The second-order valence-corrected chi connectivity index (χ2v) is 6.27. The summed E-state index contributed by atoms with van der Waals surface area (Å²) >= 11 is 0. The smallest absolute Gasteiger partial charge is 0.191 e. The normalized spacial score (nSPS) is 16.7. The van der Waals surface area contributed by atoms with Crippen molar-refractivity contribution in [1.82, 2.24) is 25.4 Å². The van der Waals surface area contributed by atoms with E-state index in [1.54, 1.807) is 13.1 Å². The Bertz CT molecular complexity index is 782. The van der Waals surface area contributed by atoms with E-state index in [4.69, 9.17) is 4.74 Å². The van der Waals surface area contributed by atoms with E-state index < -0.39 is 0 Å². The Morgan fingerprint density at radius 1 is 1.46 bits per heavy atom. The van der Waals surface area contributed by atoms with E-state index in [1.165, 1.54) is 0 Å². The average Bonchev–Trinajstić information content (AvgIpc) is 3.03. The lowest BCUT2D eigenvalue weighted by Crippen LogP contribution is -2.46. The largest absolute Gasteiger partial charge is 0.489 e. The molecule has 1 aromatic heterocycles. The second kappa shape index (κ2) is 8.51. The van der Waals surface area contributed by atoms with Crippen LogP contribution < -0.4 is 15.4 Å². The number of ether oxygens (including phenoxy) is 1. The molecule has 2 N–H and O–H groups in total. The van der Waals surface area contributed by atoms with Gasteiger partial charge in [0.1, 0.15) is 24.0 Å². The number of aryl methyl sites for hydroxylation is 2. The number of para-hydroxylation sites is 1. The zero-order chi connectivity index (χ0) is 18.4. The Kier molecular flexibility index (Phi) is 5.88. The number of hydrogen-bond acceptors (Lipinski definition) is 4. The molecule has 0 amide bonds. The molecule has 1 atom stereocenters. The molecule has 7 heteroatoms. The molecule has 7 nitrogen and oxygen atoms in total. The molecule has 2 aromatic rings. The maximum atomic E-state index is 5.71. The van der Waals surface area contributed by atoms with Gasteiger partial charge < -0.3 is 15.4 Å². The fourth-order valence-corrected chi connectivity index (χ4v) is 3.06. The van der Waals surface area contributed by atoms with Gasteiger partial charge in [0, 0.05) is 31.6 Å². The molecule has 26 heavy (non-hydrogen) atoms. The third-order valence-corrected chi connectivity index (χ3v) is 4.30. The summed E-state index contributed by atoms with van der Waals surface area (Å²) in [5.74, 6) is 3.53. The van der Waals surface area contributed by atoms with Gasteiger partial charge in [0.2, 0.25) is 0 Å². The molecule has 0 spiro atoms. The average molecular weight is 354 g/mol. The van der Waals surface area contributed by atoms with Gasteiger partial charge in [0.25, 0.3) is 0 Å². The third kappa shape index (κ3) is 4.41. The summed E-state index contributed by atoms with van der Waals surface area (Å²) < 4.78 is 7.69. The van der Waals surface area contributed by atoms with E-state index in [9.17, 15) is 0 Å². The molecule has 138 valence electrons. The van der Waals surface area contributed by atoms with Crippen LogP contribution in [0.25, 0.3) is 0 Å². The topological polar surface area (TPSA) is 76.4 Å². The van der Waals surface area contributed by atoms with E-state index in [0.717, 1.165) is 48.3 Å². The zero-order valence-electron chi connectivity index (χ0n) is 15.4. The van der Waals surface area contributed by atoms with Crippen molar-refractivity contribution < 1.29 is 4.74 Å². The summed E-state index contributed by atoms with van der Waals surface area (Å²) in [7, 11) is 1.78. The Morgan fingerprint density at radius 3 is 3.12 bits per heavy atom. The van der Waals surface area contributed by atoms with Crippen LogP contribution in [0.15, 0.2) is 41.9 Å². The number of fused-ring (bicyclic) bond motifs is 1. The minimum Gasteiger partial charge on any atom is -0.489 e. The van der Waals surface area contributed by atoms with Crippen LogP contribution in [0, 0.1) is 6.92 Å². The number of aliphatic imine (C=N–C) groups is 1. The van der Waals surface area contributed by atoms with Crippen molar-refractivity contribution in [3.8, 4) is 5.75 Å². The van der Waals surface area contributed by atoms with E-state index in [0.29, 0.717) is 13.2 Å². The fraction of sp³-hybridized carbons (Fsp3) is 0.421. The van der Waals surface area contributed by atoms with Crippen LogP contribution in [-0.4, -0.2) is 40.4 Å². The van der Waals surface area contributed by atoms with E-state index in [-0.39, 0.29) is 6.04 Å². The SMILES string of the molecule is C=CCOc1ccccc1CNC(=NC)NC1CCc2nc(C)nn2C1. The molecule has 3 rings (SSSR count). The van der Waals surface area contributed by atoms with E-state index in [2.05, 4.69) is 32.3 Å². The number of nitrogens with zero attached hydrogens (tertiary/aromatic N) is 4. The van der Waals surface area contributed by atoms with E-state index in [1.807, 2.05) is 35.9 Å². The molecule has 2 heterocycles. The predicted molar refractivity (Wildman–Crippen MR) is 102 cm³/mol. The quantitative estimate of drug-likeness (QED) is 0.470. The van der Waals surface area contributed by atoms with Crippen LogP contribution in [-0.2, 0) is 19.5 Å². The van der Waals surface area contributed by atoms with Crippen molar-refractivity contribution in [3.05, 3.63) is 54.1 Å². The van der Waals surface area contributed by atoms with Gasteiger partial charge in [-0.1, -0.05) is 30.9 Å². The minimum atomic E-state index is 0.280. The molecular weight excluding hydrogens is 328 g/mol. The lowest BCUT2D eigenvalue weighted by atomic mass is 10.1. The Balaban J connectivity index is 1.57. The second-order valence-electron chi connectivity index (χ2n) is 6.27. The Morgan fingerprint density at radius 2 is 2.31 bits per heavy atom. The van der Waals surface area contributed by atoms with Crippen molar-refractivity contribution in [2.24, 2.45) is 4.99 Å². The molecule has 0 bridgehead atoms. The Labute approximate surface area is 154 Å². The van der Waals surface area contributed by atoms with Gasteiger partial charge in [-0.3, -0.25) is 4.99 Å². The zero-order valence-corrected chi connectivity index (χ0v) is 15.4. The molecule has 1 unspecified atom stereocenters. The lowest BCUT2D eigenvalue weighted by Gasteiger charge is -2.25. The van der Waals surface area contributed by atoms with Crippen LogP contribution in [0.2, 0.25) is 0 Å². The van der Waals surface area contributed by atoms with Crippen LogP contribution in [0.1, 0.15) is 23.6 Å². The van der Waals surface area contributed by atoms with Crippen molar-refractivity contribution in [2.75, 3.05) is 13.7 Å². The monoisotopic (exact) mass is 354 g/mol. The first-order valence-electron chi connectivity index (χ1n) is 8.88.